The van der Waals surface area contributed by atoms with Crippen molar-refractivity contribution in [3.05, 3.63) is 47.8 Å². The predicted molar refractivity (Wildman–Crippen MR) is 172 cm³/mol. The summed E-state index contributed by atoms with van der Waals surface area (Å²) in [7, 11) is 0. The van der Waals surface area contributed by atoms with E-state index in [1.807, 2.05) is 12.4 Å². The zero-order chi connectivity index (χ0) is 27.8. The number of hydrogen-bond acceptors (Lipinski definition) is 2. The second-order valence-corrected chi connectivity index (χ2v) is 12.3. The van der Waals surface area contributed by atoms with E-state index in [1.165, 1.54) is 152 Å². The lowest BCUT2D eigenvalue weighted by Gasteiger charge is -2.07. The van der Waals surface area contributed by atoms with Crippen molar-refractivity contribution >= 4 is 0 Å². The summed E-state index contributed by atoms with van der Waals surface area (Å²) in [5, 5.41) is 0. The zero-order valence-electron chi connectivity index (χ0n) is 26.2. The van der Waals surface area contributed by atoms with Crippen LogP contribution in [0.2, 0.25) is 0 Å². The quantitative estimate of drug-likeness (QED) is 0.118. The fourth-order valence-corrected chi connectivity index (χ4v) is 5.53. The molecule has 0 aliphatic carbocycles. The lowest BCUT2D eigenvalue weighted by Crippen LogP contribution is -1.94. The second-order valence-electron chi connectivity index (χ2n) is 12.3. The Morgan fingerprint density at radius 3 is 1.44 bits per heavy atom. The molecule has 1 aromatic heterocycles. The highest BCUT2D eigenvalue weighted by atomic mass is 14.9. The van der Waals surface area contributed by atoms with E-state index in [9.17, 15) is 0 Å². The van der Waals surface area contributed by atoms with E-state index in [0.29, 0.717) is 0 Å². The van der Waals surface area contributed by atoms with Crippen LogP contribution in [0.3, 0.4) is 0 Å². The van der Waals surface area contributed by atoms with Crippen LogP contribution < -0.4 is 0 Å². The zero-order valence-corrected chi connectivity index (χ0v) is 26.2. The van der Waals surface area contributed by atoms with Crippen LogP contribution in [0, 0.1) is 5.92 Å². The van der Waals surface area contributed by atoms with Crippen molar-refractivity contribution in [3.63, 3.8) is 0 Å². The molecule has 0 aliphatic heterocycles. The van der Waals surface area contributed by atoms with Crippen molar-refractivity contribution in [1.29, 1.82) is 0 Å². The first-order valence-electron chi connectivity index (χ1n) is 17.1. The van der Waals surface area contributed by atoms with Crippen LogP contribution in [0.15, 0.2) is 36.7 Å². The van der Waals surface area contributed by atoms with E-state index in [2.05, 4.69) is 55.0 Å². The van der Waals surface area contributed by atoms with Gasteiger partial charge in [-0.05, 0) is 42.7 Å². The Morgan fingerprint density at radius 2 is 0.949 bits per heavy atom. The van der Waals surface area contributed by atoms with E-state index < -0.39 is 0 Å². The number of rotatable bonds is 25. The van der Waals surface area contributed by atoms with Gasteiger partial charge in [0.1, 0.15) is 0 Å². The third-order valence-corrected chi connectivity index (χ3v) is 8.60. The van der Waals surface area contributed by atoms with Gasteiger partial charge in [-0.2, -0.15) is 0 Å². The van der Waals surface area contributed by atoms with E-state index in [-0.39, 0.29) is 0 Å². The predicted octanol–water partition coefficient (Wildman–Crippen LogP) is 12.1. The minimum atomic E-state index is 0.854. The molecule has 0 amide bonds. The number of hydrogen-bond donors (Lipinski definition) is 0. The first kappa shape index (κ1) is 33.5. The largest absolute Gasteiger partial charge is 0.236 e. The SMILES string of the molecule is CCCCCCCCCCCCCCCc1ccc(-c2ncc(CCCCCCCCC(C)CC)cn2)cc1. The molecule has 0 radical (unpaired) electrons. The molecule has 2 nitrogen and oxygen atoms in total. The van der Waals surface area contributed by atoms with Crippen molar-refractivity contribution in [2.24, 2.45) is 5.92 Å². The van der Waals surface area contributed by atoms with Crippen LogP contribution in [-0.2, 0) is 12.8 Å². The molecule has 1 unspecified atom stereocenters. The van der Waals surface area contributed by atoms with Crippen molar-refractivity contribution < 1.29 is 0 Å². The Morgan fingerprint density at radius 1 is 0.513 bits per heavy atom. The van der Waals surface area contributed by atoms with E-state index in [4.69, 9.17) is 0 Å². The third kappa shape index (κ3) is 16.9. The smallest absolute Gasteiger partial charge is 0.159 e. The lowest BCUT2D eigenvalue weighted by molar-refractivity contribution is 0.471. The first-order valence-corrected chi connectivity index (χ1v) is 17.1. The number of nitrogens with zero attached hydrogens (tertiary/aromatic N) is 2. The number of unbranched alkanes of at least 4 members (excludes halogenated alkanes) is 17. The molecule has 0 saturated carbocycles. The van der Waals surface area contributed by atoms with Crippen LogP contribution in [0.5, 0.6) is 0 Å². The highest BCUT2D eigenvalue weighted by Crippen LogP contribution is 2.19. The molecule has 0 spiro atoms. The van der Waals surface area contributed by atoms with Gasteiger partial charge in [-0.1, -0.05) is 167 Å². The molecule has 1 atom stereocenters. The minimum absolute atomic E-state index is 0.854. The average Bonchev–Trinajstić information content (AvgIpc) is 2.97. The van der Waals surface area contributed by atoms with Gasteiger partial charge in [-0.3, -0.25) is 0 Å². The molecular weight excluding hydrogens is 472 g/mol. The fourth-order valence-electron chi connectivity index (χ4n) is 5.53. The van der Waals surface area contributed by atoms with Gasteiger partial charge in [0, 0.05) is 18.0 Å². The maximum absolute atomic E-state index is 4.67. The van der Waals surface area contributed by atoms with Gasteiger partial charge in [0.2, 0.25) is 0 Å². The molecule has 220 valence electrons. The summed E-state index contributed by atoms with van der Waals surface area (Å²) >= 11 is 0. The van der Waals surface area contributed by atoms with E-state index in [1.54, 1.807) is 0 Å². The molecule has 0 bridgehead atoms. The van der Waals surface area contributed by atoms with Gasteiger partial charge in [0.25, 0.3) is 0 Å². The molecule has 1 aromatic carbocycles. The molecule has 2 heteroatoms. The summed E-state index contributed by atoms with van der Waals surface area (Å²) in [6, 6.07) is 8.95. The Bertz CT molecular complexity index is 795. The highest BCUT2D eigenvalue weighted by molar-refractivity contribution is 5.55. The van der Waals surface area contributed by atoms with Crippen LogP contribution in [0.25, 0.3) is 11.4 Å². The van der Waals surface area contributed by atoms with Crippen molar-refractivity contribution in [1.82, 2.24) is 9.97 Å². The van der Waals surface area contributed by atoms with Gasteiger partial charge < -0.3 is 0 Å². The highest BCUT2D eigenvalue weighted by Gasteiger charge is 2.04. The molecule has 0 fully saturated rings. The van der Waals surface area contributed by atoms with Gasteiger partial charge in [-0.25, -0.2) is 9.97 Å². The standard InChI is InChI=1S/C37H62N2/c1-4-6-7-8-9-10-11-12-13-14-15-19-22-25-34-27-29-36(30-28-34)37-38-31-35(32-39-37)26-23-20-17-16-18-21-24-33(3)5-2/h27-33H,4-26H2,1-3H3. The van der Waals surface area contributed by atoms with Crippen LogP contribution in [-0.4, -0.2) is 9.97 Å². The summed E-state index contributed by atoms with van der Waals surface area (Å²) in [6.45, 7) is 6.98. The van der Waals surface area contributed by atoms with Crippen molar-refractivity contribution in [3.8, 4) is 11.4 Å². The molecule has 0 N–H and O–H groups in total. The molecule has 2 aromatic rings. The van der Waals surface area contributed by atoms with Gasteiger partial charge in [0.15, 0.2) is 5.82 Å². The second kappa shape index (κ2) is 23.0. The topological polar surface area (TPSA) is 25.8 Å². The third-order valence-electron chi connectivity index (χ3n) is 8.60. The number of aryl methyl sites for hydroxylation is 2. The summed E-state index contributed by atoms with van der Waals surface area (Å²) in [5.41, 5.74) is 3.85. The fraction of sp³-hybridized carbons (Fsp3) is 0.730. The Kier molecular flexibility index (Phi) is 19.8. The molecule has 39 heavy (non-hydrogen) atoms. The van der Waals surface area contributed by atoms with Gasteiger partial charge in [0.05, 0.1) is 0 Å². The van der Waals surface area contributed by atoms with Crippen molar-refractivity contribution in [2.75, 3.05) is 0 Å². The minimum Gasteiger partial charge on any atom is -0.236 e. The molecule has 2 rings (SSSR count). The van der Waals surface area contributed by atoms with Crippen molar-refractivity contribution in [2.45, 2.75) is 168 Å². The lowest BCUT2D eigenvalue weighted by atomic mass is 9.99. The van der Waals surface area contributed by atoms with E-state index in [0.717, 1.165) is 23.7 Å². The maximum atomic E-state index is 4.67. The van der Waals surface area contributed by atoms with Crippen LogP contribution in [0.1, 0.15) is 167 Å². The van der Waals surface area contributed by atoms with Crippen LogP contribution >= 0.6 is 0 Å². The summed E-state index contributed by atoms with van der Waals surface area (Å²) in [5.74, 6) is 1.76. The number of benzene rings is 1. The summed E-state index contributed by atoms with van der Waals surface area (Å²) < 4.78 is 0. The molecule has 0 saturated heterocycles. The molecule has 0 aliphatic rings. The first-order chi connectivity index (χ1) is 19.2. The molecular formula is C37H62N2. The van der Waals surface area contributed by atoms with Gasteiger partial charge in [-0.15, -0.1) is 0 Å². The Balaban J connectivity index is 1.49. The van der Waals surface area contributed by atoms with Crippen LogP contribution in [0.4, 0.5) is 0 Å². The molecule has 1 heterocycles. The maximum Gasteiger partial charge on any atom is 0.159 e. The normalized spacial score (nSPS) is 12.2. The monoisotopic (exact) mass is 534 g/mol. The summed E-state index contributed by atoms with van der Waals surface area (Å²) in [4.78, 5) is 9.34. The average molecular weight is 535 g/mol. The Labute approximate surface area is 243 Å². The summed E-state index contributed by atoms with van der Waals surface area (Å²) in [6.07, 6.45) is 35.6. The Hall–Kier alpha value is -1.70. The van der Waals surface area contributed by atoms with E-state index >= 15 is 0 Å². The number of aromatic nitrogens is 2. The van der Waals surface area contributed by atoms with Gasteiger partial charge >= 0.3 is 0 Å².